The van der Waals surface area contributed by atoms with Gasteiger partial charge in [-0.1, -0.05) is 36.4 Å². The highest BCUT2D eigenvalue weighted by molar-refractivity contribution is 7.90. The zero-order chi connectivity index (χ0) is 14.8. The minimum absolute atomic E-state index is 0.0111. The first-order chi connectivity index (χ1) is 9.31. The van der Waals surface area contributed by atoms with Gasteiger partial charge in [0, 0.05) is 0 Å². The minimum atomic E-state index is -4.57. The van der Waals surface area contributed by atoms with E-state index in [0.29, 0.717) is 0 Å². The average Bonchev–Trinajstić information content (AvgIpc) is 2.39. The number of alkyl halides is 3. The predicted octanol–water partition coefficient (Wildman–Crippen LogP) is 3.68. The highest BCUT2D eigenvalue weighted by Gasteiger charge is 2.34. The van der Waals surface area contributed by atoms with Crippen molar-refractivity contribution in [2.45, 2.75) is 16.8 Å². The molecule has 2 rings (SSSR count). The number of benzene rings is 2. The first-order valence-electron chi connectivity index (χ1n) is 5.73. The molecule has 2 aromatic rings. The molecule has 106 valence electrons. The topological polar surface area (TPSA) is 34.1 Å². The smallest absolute Gasteiger partial charge is 0.223 e. The second-order valence-electron chi connectivity index (χ2n) is 4.23. The maximum atomic E-state index is 12.8. The van der Waals surface area contributed by atoms with Crippen LogP contribution in [0.4, 0.5) is 13.2 Å². The zero-order valence-electron chi connectivity index (χ0n) is 10.3. The highest BCUT2D eigenvalue weighted by Crippen LogP contribution is 2.33. The lowest BCUT2D eigenvalue weighted by molar-refractivity contribution is -0.138. The number of halogens is 3. The van der Waals surface area contributed by atoms with Crippen molar-refractivity contribution in [3.05, 3.63) is 65.7 Å². The number of hydrogen-bond acceptors (Lipinski definition) is 2. The van der Waals surface area contributed by atoms with Crippen LogP contribution in [0.5, 0.6) is 0 Å². The fourth-order valence-corrected chi connectivity index (χ4v) is 3.24. The maximum absolute atomic E-state index is 12.8. The van der Waals surface area contributed by atoms with Gasteiger partial charge in [0.2, 0.25) is 0 Å². The molecular weight excluding hydrogens is 289 g/mol. The van der Waals surface area contributed by atoms with Crippen LogP contribution in [0.2, 0.25) is 0 Å². The third-order valence-corrected chi connectivity index (χ3v) is 4.45. The Morgan fingerprint density at radius 2 is 1.40 bits per heavy atom. The zero-order valence-corrected chi connectivity index (χ0v) is 11.1. The molecule has 0 aliphatic rings. The van der Waals surface area contributed by atoms with Gasteiger partial charge in [-0.25, -0.2) is 8.42 Å². The standard InChI is InChI=1S/C14H11F3O2S/c15-14(16,17)13-9-5-4-6-11(13)10-20(18,19)12-7-2-1-3-8-12/h1-9H,10H2. The molecule has 0 spiro atoms. The van der Waals surface area contributed by atoms with E-state index in [1.54, 1.807) is 6.07 Å². The van der Waals surface area contributed by atoms with E-state index < -0.39 is 27.3 Å². The summed E-state index contributed by atoms with van der Waals surface area (Å²) in [6.07, 6.45) is -4.57. The average molecular weight is 300 g/mol. The maximum Gasteiger partial charge on any atom is 0.416 e. The quantitative estimate of drug-likeness (QED) is 0.866. The van der Waals surface area contributed by atoms with Crippen LogP contribution in [0.1, 0.15) is 11.1 Å². The van der Waals surface area contributed by atoms with Gasteiger partial charge in [0.15, 0.2) is 9.84 Å². The van der Waals surface area contributed by atoms with Crippen LogP contribution >= 0.6 is 0 Å². The summed E-state index contributed by atoms with van der Waals surface area (Å²) in [5, 5.41) is 0. The van der Waals surface area contributed by atoms with Crippen molar-refractivity contribution >= 4 is 9.84 Å². The van der Waals surface area contributed by atoms with E-state index in [9.17, 15) is 21.6 Å². The monoisotopic (exact) mass is 300 g/mol. The SMILES string of the molecule is O=S(=O)(Cc1ccccc1C(F)(F)F)c1ccccc1. The van der Waals surface area contributed by atoms with Gasteiger partial charge in [-0.3, -0.25) is 0 Å². The van der Waals surface area contributed by atoms with Crippen LogP contribution in [0.25, 0.3) is 0 Å². The van der Waals surface area contributed by atoms with Crippen molar-refractivity contribution in [1.82, 2.24) is 0 Å². The normalized spacial score (nSPS) is 12.3. The number of hydrogen-bond donors (Lipinski definition) is 0. The van der Waals surface area contributed by atoms with Crippen molar-refractivity contribution in [2.75, 3.05) is 0 Å². The summed E-state index contributed by atoms with van der Waals surface area (Å²) in [5.41, 5.74) is -1.16. The fourth-order valence-electron chi connectivity index (χ4n) is 1.84. The van der Waals surface area contributed by atoms with Gasteiger partial charge in [0.25, 0.3) is 0 Å². The molecule has 2 nitrogen and oxygen atoms in total. The van der Waals surface area contributed by atoms with E-state index in [-0.39, 0.29) is 10.5 Å². The Morgan fingerprint density at radius 3 is 2.00 bits per heavy atom. The summed E-state index contributed by atoms with van der Waals surface area (Å²) >= 11 is 0. The summed E-state index contributed by atoms with van der Waals surface area (Å²) in [6.45, 7) is 0. The minimum Gasteiger partial charge on any atom is -0.223 e. The van der Waals surface area contributed by atoms with E-state index >= 15 is 0 Å². The fraction of sp³-hybridized carbons (Fsp3) is 0.143. The Labute approximate surface area is 114 Å². The lowest BCUT2D eigenvalue weighted by atomic mass is 10.1. The van der Waals surface area contributed by atoms with E-state index in [1.165, 1.54) is 42.5 Å². The Hall–Kier alpha value is -1.82. The van der Waals surface area contributed by atoms with Crippen molar-refractivity contribution in [3.8, 4) is 0 Å². The van der Waals surface area contributed by atoms with E-state index in [2.05, 4.69) is 0 Å². The molecule has 0 amide bonds. The number of sulfone groups is 1. The van der Waals surface area contributed by atoms with E-state index in [1.807, 2.05) is 0 Å². The Balaban J connectivity index is 2.41. The predicted molar refractivity (Wildman–Crippen MR) is 68.8 cm³/mol. The van der Waals surface area contributed by atoms with Crippen LogP contribution in [0, 0.1) is 0 Å². The van der Waals surface area contributed by atoms with Crippen molar-refractivity contribution in [3.63, 3.8) is 0 Å². The summed E-state index contributed by atoms with van der Waals surface area (Å²) in [4.78, 5) is 0.0111. The summed E-state index contributed by atoms with van der Waals surface area (Å²) < 4.78 is 62.7. The van der Waals surface area contributed by atoms with Gasteiger partial charge < -0.3 is 0 Å². The van der Waals surface area contributed by atoms with Gasteiger partial charge in [-0.2, -0.15) is 13.2 Å². The molecule has 0 bridgehead atoms. The summed E-state index contributed by atoms with van der Waals surface area (Å²) in [7, 11) is -3.80. The van der Waals surface area contributed by atoms with Gasteiger partial charge >= 0.3 is 6.18 Å². The van der Waals surface area contributed by atoms with Gasteiger partial charge in [0.1, 0.15) is 0 Å². The summed E-state index contributed by atoms with van der Waals surface area (Å²) in [6, 6.07) is 12.1. The van der Waals surface area contributed by atoms with Crippen molar-refractivity contribution in [2.24, 2.45) is 0 Å². The molecule has 0 unspecified atom stereocenters. The Bertz CT molecular complexity index is 692. The molecule has 0 atom stereocenters. The van der Waals surface area contributed by atoms with Crippen molar-refractivity contribution < 1.29 is 21.6 Å². The van der Waals surface area contributed by atoms with E-state index in [4.69, 9.17) is 0 Å². The second-order valence-corrected chi connectivity index (χ2v) is 6.22. The Kier molecular flexibility index (Phi) is 3.85. The lowest BCUT2D eigenvalue weighted by Gasteiger charge is -2.12. The van der Waals surface area contributed by atoms with E-state index in [0.717, 1.165) is 6.07 Å². The first-order valence-corrected chi connectivity index (χ1v) is 7.39. The molecule has 0 aliphatic carbocycles. The van der Waals surface area contributed by atoms with Crippen LogP contribution in [0.15, 0.2) is 59.5 Å². The van der Waals surface area contributed by atoms with Gasteiger partial charge in [0.05, 0.1) is 16.2 Å². The molecule has 20 heavy (non-hydrogen) atoms. The van der Waals surface area contributed by atoms with Gasteiger partial charge in [-0.15, -0.1) is 0 Å². The van der Waals surface area contributed by atoms with Crippen molar-refractivity contribution in [1.29, 1.82) is 0 Å². The molecule has 0 aliphatic heterocycles. The molecule has 0 N–H and O–H groups in total. The van der Waals surface area contributed by atoms with Crippen LogP contribution in [-0.4, -0.2) is 8.42 Å². The Morgan fingerprint density at radius 1 is 0.850 bits per heavy atom. The molecule has 6 heteroatoms. The third kappa shape index (κ3) is 3.19. The molecule has 0 fully saturated rings. The lowest BCUT2D eigenvalue weighted by Crippen LogP contribution is -2.13. The molecule has 0 aromatic heterocycles. The molecule has 0 heterocycles. The molecule has 0 radical (unpaired) electrons. The van der Waals surface area contributed by atoms with Gasteiger partial charge in [-0.05, 0) is 23.8 Å². The molecule has 0 saturated carbocycles. The molecule has 2 aromatic carbocycles. The second kappa shape index (κ2) is 5.28. The summed E-state index contributed by atoms with van der Waals surface area (Å²) in [5.74, 6) is -0.674. The molecule has 0 saturated heterocycles. The van der Waals surface area contributed by atoms with Crippen LogP contribution in [0.3, 0.4) is 0 Å². The largest absolute Gasteiger partial charge is 0.416 e. The third-order valence-electron chi connectivity index (χ3n) is 2.77. The van der Waals surface area contributed by atoms with Crippen LogP contribution < -0.4 is 0 Å². The number of rotatable bonds is 3. The first kappa shape index (κ1) is 14.6. The van der Waals surface area contributed by atoms with Crippen LogP contribution in [-0.2, 0) is 21.8 Å². The highest BCUT2D eigenvalue weighted by atomic mass is 32.2. The molecular formula is C14H11F3O2S.